The Bertz CT molecular complexity index is 1330. The van der Waals surface area contributed by atoms with Gasteiger partial charge in [0.05, 0.1) is 8.07 Å². The molecule has 2 heterocycles. The van der Waals surface area contributed by atoms with E-state index in [1.807, 2.05) is 12.4 Å². The van der Waals surface area contributed by atoms with Gasteiger partial charge < -0.3 is 4.98 Å². The van der Waals surface area contributed by atoms with Crippen LogP contribution >= 0.6 is 62.3 Å². The van der Waals surface area contributed by atoms with E-state index in [2.05, 4.69) is 163 Å². The van der Waals surface area contributed by atoms with Crippen molar-refractivity contribution in [1.29, 1.82) is 0 Å². The predicted octanol–water partition coefficient (Wildman–Crippen LogP) is 10.6. The van der Waals surface area contributed by atoms with Crippen molar-refractivity contribution in [1.82, 2.24) is 8.96 Å². The fraction of sp³-hybridized carbons (Fsp3) is 0.429. The van der Waals surface area contributed by atoms with Gasteiger partial charge in [0.15, 0.2) is 0 Å². The molecular weight excluding hydrogens is 947 g/mol. The number of hydrogen-bond donors (Lipinski definition) is 1. The van der Waals surface area contributed by atoms with Crippen molar-refractivity contribution in [3.05, 3.63) is 68.9 Å². The van der Waals surface area contributed by atoms with Gasteiger partial charge >= 0.3 is 118 Å². The predicted molar refractivity (Wildman–Crippen MR) is 195 cm³/mol. The van der Waals surface area contributed by atoms with Gasteiger partial charge in [-0.2, -0.15) is 0 Å². The Balaban J connectivity index is 0.000000275. The molecule has 4 rings (SSSR count). The molecule has 2 nitrogen and oxygen atoms in total. The van der Waals surface area contributed by atoms with Crippen LogP contribution in [-0.4, -0.2) is 48.4 Å². The minimum atomic E-state index is -1.01. The zero-order valence-corrected chi connectivity index (χ0v) is 39.4. The number of aryl methyl sites for hydroxylation is 2. The summed E-state index contributed by atoms with van der Waals surface area (Å²) in [5.74, 6) is 0. The van der Waals surface area contributed by atoms with Gasteiger partial charge in [-0.1, -0.05) is 70.2 Å². The zero-order chi connectivity index (χ0) is 27.2. The molecule has 9 heteroatoms. The SMILES string of the molecule is CC(C)[Si](CI)(C(C)C)C(C)C.Cc1ccc2[nH]ccc2c1Br.Cc1ccc2c(ccn2[SH-]#P)c1Br.[TlH2]. The molecule has 0 aliphatic rings. The summed E-state index contributed by atoms with van der Waals surface area (Å²) in [4.78, 5) is 3.16. The Morgan fingerprint density at radius 3 is 1.84 bits per heavy atom. The Labute approximate surface area is 281 Å². The van der Waals surface area contributed by atoms with Crippen LogP contribution in [0.1, 0.15) is 52.7 Å². The number of thiol groups is 1. The number of nitrogens with zero attached hydrogens (tertiary/aromatic N) is 1. The van der Waals surface area contributed by atoms with E-state index in [0.717, 1.165) is 27.5 Å². The van der Waals surface area contributed by atoms with Crippen molar-refractivity contribution in [2.45, 2.75) is 72.0 Å². The summed E-state index contributed by atoms with van der Waals surface area (Å²) < 4.78 is 5.87. The molecule has 2 aromatic heterocycles. The van der Waals surface area contributed by atoms with E-state index in [1.54, 1.807) is 0 Å². The van der Waals surface area contributed by atoms with E-state index in [-0.39, 0.29) is 27.3 Å². The zero-order valence-electron chi connectivity index (χ0n) is 23.5. The monoisotopic (exact) mass is 986 g/mol. The summed E-state index contributed by atoms with van der Waals surface area (Å²) in [7, 11) is 4.17. The van der Waals surface area contributed by atoms with Crippen LogP contribution in [0.4, 0.5) is 0 Å². The first-order valence-electron chi connectivity index (χ1n) is 12.3. The summed E-state index contributed by atoms with van der Waals surface area (Å²) in [6.07, 6.45) is 4.00. The molecule has 203 valence electrons. The Morgan fingerprint density at radius 1 is 0.865 bits per heavy atom. The number of nitrogens with one attached hydrogen (secondary N) is 1. The Kier molecular flexibility index (Phi) is 16.2. The molecule has 0 saturated carbocycles. The molecule has 0 aliphatic heterocycles. The number of alkyl halides is 1. The summed E-state index contributed by atoms with van der Waals surface area (Å²) in [5, 5.41) is 2.51. The summed E-state index contributed by atoms with van der Waals surface area (Å²) in [6, 6.07) is 12.6. The van der Waals surface area contributed by atoms with Gasteiger partial charge in [0.25, 0.3) is 0 Å². The van der Waals surface area contributed by atoms with Gasteiger partial charge in [-0.15, -0.1) is 0 Å². The normalized spacial score (nSPS) is 11.4. The van der Waals surface area contributed by atoms with Crippen LogP contribution in [0, 0.1) is 13.8 Å². The van der Waals surface area contributed by atoms with Crippen molar-refractivity contribution in [3.63, 3.8) is 0 Å². The maximum atomic E-state index is 4.23. The molecule has 0 unspecified atom stereocenters. The van der Waals surface area contributed by atoms with Gasteiger partial charge in [0, 0.05) is 21.6 Å². The minimum absolute atomic E-state index is 0. The molecule has 4 aromatic rings. The van der Waals surface area contributed by atoms with Crippen LogP contribution < -0.4 is 0 Å². The number of fused-ring (bicyclic) bond motifs is 2. The topological polar surface area (TPSA) is 20.7 Å². The molecule has 0 saturated heterocycles. The van der Waals surface area contributed by atoms with Crippen molar-refractivity contribution >= 4 is 130 Å². The summed E-state index contributed by atoms with van der Waals surface area (Å²) in [6.45, 7) is 18.7. The van der Waals surface area contributed by atoms with Crippen LogP contribution in [0.2, 0.25) is 16.6 Å². The van der Waals surface area contributed by atoms with E-state index in [1.165, 1.54) is 45.9 Å². The van der Waals surface area contributed by atoms with Crippen LogP contribution in [0.3, 0.4) is 0 Å². The van der Waals surface area contributed by atoms with Gasteiger partial charge in [0.1, 0.15) is 0 Å². The van der Waals surface area contributed by atoms with Crippen LogP contribution in [0.5, 0.6) is 0 Å². The first kappa shape index (κ1) is 36.2. The number of halogens is 3. The third-order valence-corrected chi connectivity index (χ3v) is 21.5. The molecule has 1 radical (unpaired) electrons. The van der Waals surface area contributed by atoms with Crippen molar-refractivity contribution in [2.24, 2.45) is 0 Å². The maximum absolute atomic E-state index is 4.23. The molecular formula is C28H41Br2IN2PSSiTl-. The second-order valence-electron chi connectivity index (χ2n) is 10.2. The quantitative estimate of drug-likeness (QED) is 0.0525. The Morgan fingerprint density at radius 2 is 1.38 bits per heavy atom. The summed E-state index contributed by atoms with van der Waals surface area (Å²) in [5.41, 5.74) is 7.72. The fourth-order valence-electron chi connectivity index (χ4n) is 5.02. The first-order valence-corrected chi connectivity index (χ1v) is 19.9. The standard InChI is InChI=1S/C10H23ISi.C9H8BrNPS.C9H8BrN.Tl.2H/c1-8(2)12(7-11,9(3)4)10(5)6;1-6-2-3-8-7(9(6)10)4-5-11(8)13-12;1-6-2-3-8-7(9(6)10)4-5-11-8;;;/h8-10H,7H2,1-6H3;2-5,13H,1H3;2-5,11H,1H3;;;/q;-1;;;;. The van der Waals surface area contributed by atoms with Gasteiger partial charge in [-0.3, -0.25) is 0 Å². The summed E-state index contributed by atoms with van der Waals surface area (Å²) >= 11 is 9.73. The number of H-pyrrole nitrogens is 1. The van der Waals surface area contributed by atoms with E-state index in [9.17, 15) is 0 Å². The third-order valence-electron chi connectivity index (χ3n) is 7.39. The molecule has 0 bridgehead atoms. The van der Waals surface area contributed by atoms with Gasteiger partial charge in [0.2, 0.25) is 0 Å². The molecule has 0 atom stereocenters. The molecule has 0 aliphatic carbocycles. The molecule has 37 heavy (non-hydrogen) atoms. The third kappa shape index (κ3) is 8.57. The van der Waals surface area contributed by atoms with Crippen LogP contribution in [0.25, 0.3) is 21.8 Å². The fourth-order valence-corrected chi connectivity index (χ4v) is 19.7. The number of aromatic amines is 1. The number of hydrogen-bond acceptors (Lipinski definition) is 1. The van der Waals surface area contributed by atoms with Gasteiger partial charge in [-0.05, 0) is 61.2 Å². The average molecular weight is 988 g/mol. The van der Waals surface area contributed by atoms with Crippen LogP contribution in [-0.2, 0) is 10.9 Å². The molecule has 0 fully saturated rings. The first-order chi connectivity index (χ1) is 16.9. The van der Waals surface area contributed by atoms with Crippen molar-refractivity contribution < 1.29 is 0 Å². The number of benzene rings is 2. The number of aromatic nitrogens is 2. The Hall–Kier alpha value is 1.13. The van der Waals surface area contributed by atoms with E-state index < -0.39 is 8.07 Å². The molecule has 1 N–H and O–H groups in total. The van der Waals surface area contributed by atoms with E-state index >= 15 is 0 Å². The van der Waals surface area contributed by atoms with Crippen molar-refractivity contribution in [3.8, 4) is 0 Å². The molecule has 2 aromatic carbocycles. The van der Waals surface area contributed by atoms with Crippen molar-refractivity contribution in [2.75, 3.05) is 4.05 Å². The second kappa shape index (κ2) is 16.5. The van der Waals surface area contributed by atoms with Gasteiger partial charge in [-0.25, -0.2) is 0 Å². The molecule has 0 spiro atoms. The average Bonchev–Trinajstić information content (AvgIpc) is 3.47. The van der Waals surface area contributed by atoms with E-state index in [4.69, 9.17) is 0 Å². The second-order valence-corrected chi connectivity index (χ2v) is 21.2. The van der Waals surface area contributed by atoms with Crippen LogP contribution in [0.15, 0.2) is 57.7 Å². The molecule has 0 amide bonds. The number of rotatable bonds is 4. The van der Waals surface area contributed by atoms with E-state index in [0.29, 0.717) is 0 Å².